The summed E-state index contributed by atoms with van der Waals surface area (Å²) in [4.78, 5) is 4.50. The monoisotopic (exact) mass is 453 g/mol. The zero-order chi connectivity index (χ0) is 16.9. The van der Waals surface area contributed by atoms with Crippen LogP contribution < -0.4 is 15.4 Å². The average Bonchev–Trinajstić information content (AvgIpc) is 2.54. The lowest BCUT2D eigenvalue weighted by Crippen LogP contribution is -2.38. The van der Waals surface area contributed by atoms with E-state index in [1.54, 1.807) is 12.1 Å². The largest absolute Gasteiger partial charge is 0.489 e. The highest BCUT2D eigenvalue weighted by Gasteiger charge is 2.05. The van der Waals surface area contributed by atoms with Gasteiger partial charge in [-0.1, -0.05) is 0 Å². The van der Waals surface area contributed by atoms with Gasteiger partial charge in [-0.05, 0) is 51.5 Å². The second kappa shape index (κ2) is 14.3. The summed E-state index contributed by atoms with van der Waals surface area (Å²) in [5.41, 5.74) is 0. The second-order valence-corrected chi connectivity index (χ2v) is 5.08. The molecule has 138 valence electrons. The summed E-state index contributed by atoms with van der Waals surface area (Å²) in [5, 5.41) is 6.45. The molecule has 24 heavy (non-hydrogen) atoms. The molecule has 7 heteroatoms. The quantitative estimate of drug-likeness (QED) is 0.247. The minimum Gasteiger partial charge on any atom is -0.489 e. The van der Waals surface area contributed by atoms with Crippen molar-refractivity contribution in [2.24, 2.45) is 4.99 Å². The first-order chi connectivity index (χ1) is 11.2. The molecule has 1 unspecified atom stereocenters. The lowest BCUT2D eigenvalue weighted by Gasteiger charge is -2.15. The number of ether oxygens (including phenoxy) is 2. The first-order valence-corrected chi connectivity index (χ1v) is 8.17. The van der Waals surface area contributed by atoms with E-state index in [1.807, 2.05) is 20.8 Å². The lowest BCUT2D eigenvalue weighted by atomic mass is 10.3. The Morgan fingerprint density at radius 3 is 2.54 bits per heavy atom. The zero-order valence-electron chi connectivity index (χ0n) is 14.7. The Bertz CT molecular complexity index is 458. The molecule has 0 saturated carbocycles. The van der Waals surface area contributed by atoms with Crippen molar-refractivity contribution in [2.75, 3.05) is 32.8 Å². The molecule has 1 aromatic carbocycles. The van der Waals surface area contributed by atoms with Crippen molar-refractivity contribution in [3.05, 3.63) is 30.1 Å². The van der Waals surface area contributed by atoms with Crippen LogP contribution in [-0.4, -0.2) is 44.9 Å². The molecule has 0 spiro atoms. The van der Waals surface area contributed by atoms with E-state index >= 15 is 0 Å². The molecule has 0 fully saturated rings. The van der Waals surface area contributed by atoms with Gasteiger partial charge >= 0.3 is 0 Å². The fourth-order valence-electron chi connectivity index (χ4n) is 1.87. The van der Waals surface area contributed by atoms with Crippen molar-refractivity contribution in [2.45, 2.75) is 33.3 Å². The Morgan fingerprint density at radius 1 is 1.21 bits per heavy atom. The Labute approximate surface area is 161 Å². The third-order valence-corrected chi connectivity index (χ3v) is 2.96. The molecule has 5 nitrogen and oxygen atoms in total. The Balaban J connectivity index is 0.00000529. The fourth-order valence-corrected chi connectivity index (χ4v) is 1.87. The highest BCUT2D eigenvalue weighted by Crippen LogP contribution is 2.12. The summed E-state index contributed by atoms with van der Waals surface area (Å²) in [6.07, 6.45) is 0.833. The van der Waals surface area contributed by atoms with Gasteiger partial charge in [0.15, 0.2) is 5.96 Å². The number of hydrogen-bond acceptors (Lipinski definition) is 3. The Kier molecular flexibility index (Phi) is 13.6. The highest BCUT2D eigenvalue weighted by atomic mass is 127. The predicted molar refractivity (Wildman–Crippen MR) is 107 cm³/mol. The fraction of sp³-hybridized carbons (Fsp3) is 0.588. The second-order valence-electron chi connectivity index (χ2n) is 5.08. The van der Waals surface area contributed by atoms with E-state index in [1.165, 1.54) is 12.1 Å². The smallest absolute Gasteiger partial charge is 0.191 e. The lowest BCUT2D eigenvalue weighted by molar-refractivity contribution is 0.145. The van der Waals surface area contributed by atoms with Gasteiger partial charge < -0.3 is 20.1 Å². The van der Waals surface area contributed by atoms with Gasteiger partial charge in [0.1, 0.15) is 17.7 Å². The van der Waals surface area contributed by atoms with Gasteiger partial charge in [-0.3, -0.25) is 0 Å². The standard InChI is InChI=1S/C17H28FN3O2.HI/c1-4-19-17(20-11-6-12-22-5-2)21-13-14(3)23-16-9-7-15(18)8-10-16;/h7-10,14H,4-6,11-13H2,1-3H3,(H2,19,20,21);1H. The molecule has 0 aliphatic carbocycles. The Hall–Kier alpha value is -1.09. The minimum atomic E-state index is -0.270. The number of aliphatic imine (C=N–C) groups is 1. The van der Waals surface area contributed by atoms with Crippen LogP contribution in [0.25, 0.3) is 0 Å². The molecule has 1 atom stereocenters. The van der Waals surface area contributed by atoms with Crippen LogP contribution >= 0.6 is 24.0 Å². The van der Waals surface area contributed by atoms with E-state index in [0.29, 0.717) is 12.3 Å². The SMILES string of the molecule is CCNC(=NCC(C)Oc1ccc(F)cc1)NCCCOCC.I. The molecule has 1 rings (SSSR count). The van der Waals surface area contributed by atoms with Crippen LogP contribution in [0, 0.1) is 5.82 Å². The molecule has 2 N–H and O–H groups in total. The summed E-state index contributed by atoms with van der Waals surface area (Å²) in [7, 11) is 0. The molecule has 0 aliphatic rings. The molecule has 0 aliphatic heterocycles. The third-order valence-electron chi connectivity index (χ3n) is 2.96. The van der Waals surface area contributed by atoms with Gasteiger partial charge in [0.25, 0.3) is 0 Å². The van der Waals surface area contributed by atoms with E-state index in [2.05, 4.69) is 15.6 Å². The average molecular weight is 453 g/mol. The van der Waals surface area contributed by atoms with Gasteiger partial charge in [0.2, 0.25) is 0 Å². The van der Waals surface area contributed by atoms with Crippen molar-refractivity contribution in [3.8, 4) is 5.75 Å². The van der Waals surface area contributed by atoms with Gasteiger partial charge in [-0.15, -0.1) is 24.0 Å². The number of hydrogen-bond donors (Lipinski definition) is 2. The van der Waals surface area contributed by atoms with Crippen LogP contribution in [0.3, 0.4) is 0 Å². The van der Waals surface area contributed by atoms with Crippen LogP contribution in [0.1, 0.15) is 27.2 Å². The minimum absolute atomic E-state index is 0. The summed E-state index contributed by atoms with van der Waals surface area (Å²) in [6, 6.07) is 6.00. The predicted octanol–water partition coefficient (Wildman–Crippen LogP) is 3.19. The topological polar surface area (TPSA) is 54.9 Å². The van der Waals surface area contributed by atoms with E-state index in [9.17, 15) is 4.39 Å². The third kappa shape index (κ3) is 10.6. The van der Waals surface area contributed by atoms with Crippen molar-refractivity contribution in [1.29, 1.82) is 0 Å². The van der Waals surface area contributed by atoms with Gasteiger partial charge in [0, 0.05) is 26.3 Å². The highest BCUT2D eigenvalue weighted by molar-refractivity contribution is 14.0. The number of rotatable bonds is 10. The van der Waals surface area contributed by atoms with Gasteiger partial charge in [0.05, 0.1) is 6.54 Å². The van der Waals surface area contributed by atoms with Crippen LogP contribution in [0.2, 0.25) is 0 Å². The first-order valence-electron chi connectivity index (χ1n) is 8.17. The Morgan fingerprint density at radius 2 is 1.92 bits per heavy atom. The van der Waals surface area contributed by atoms with Crippen LogP contribution in [-0.2, 0) is 4.74 Å². The van der Waals surface area contributed by atoms with Crippen molar-refractivity contribution in [1.82, 2.24) is 10.6 Å². The zero-order valence-corrected chi connectivity index (χ0v) is 17.0. The van der Waals surface area contributed by atoms with E-state index in [4.69, 9.17) is 9.47 Å². The summed E-state index contributed by atoms with van der Waals surface area (Å²) in [5.74, 6) is 1.14. The maximum Gasteiger partial charge on any atom is 0.191 e. The molecular formula is C17H29FIN3O2. The van der Waals surface area contributed by atoms with Crippen LogP contribution in [0.5, 0.6) is 5.75 Å². The maximum atomic E-state index is 12.9. The maximum absolute atomic E-state index is 12.9. The van der Waals surface area contributed by atoms with E-state index in [0.717, 1.165) is 38.7 Å². The number of halogens is 2. The normalized spacial score (nSPS) is 12.2. The van der Waals surface area contributed by atoms with Crippen molar-refractivity contribution < 1.29 is 13.9 Å². The van der Waals surface area contributed by atoms with Crippen LogP contribution in [0.15, 0.2) is 29.3 Å². The van der Waals surface area contributed by atoms with Crippen molar-refractivity contribution >= 4 is 29.9 Å². The molecule has 0 heterocycles. The number of guanidine groups is 1. The van der Waals surface area contributed by atoms with E-state index in [-0.39, 0.29) is 35.9 Å². The van der Waals surface area contributed by atoms with Gasteiger partial charge in [-0.25, -0.2) is 9.38 Å². The summed E-state index contributed by atoms with van der Waals surface area (Å²) in [6.45, 7) is 9.55. The summed E-state index contributed by atoms with van der Waals surface area (Å²) < 4.78 is 23.9. The molecule has 1 aromatic rings. The molecule has 0 amide bonds. The molecule has 0 saturated heterocycles. The van der Waals surface area contributed by atoms with Gasteiger partial charge in [-0.2, -0.15) is 0 Å². The summed E-state index contributed by atoms with van der Waals surface area (Å²) >= 11 is 0. The molecule has 0 aromatic heterocycles. The van der Waals surface area contributed by atoms with Crippen molar-refractivity contribution in [3.63, 3.8) is 0 Å². The number of nitrogens with zero attached hydrogens (tertiary/aromatic N) is 1. The van der Waals surface area contributed by atoms with Crippen LogP contribution in [0.4, 0.5) is 4.39 Å². The first kappa shape index (κ1) is 22.9. The van der Waals surface area contributed by atoms with E-state index < -0.39 is 0 Å². The molecule has 0 bridgehead atoms. The number of benzene rings is 1. The molecular weight excluding hydrogens is 424 g/mol. The number of nitrogens with one attached hydrogen (secondary N) is 2. The molecule has 0 radical (unpaired) electrons.